The Labute approximate surface area is 179 Å². The van der Waals surface area contributed by atoms with E-state index < -0.39 is 0 Å². The molecule has 0 radical (unpaired) electrons. The number of nitrogens with one attached hydrogen (secondary N) is 1. The van der Waals surface area contributed by atoms with Gasteiger partial charge in [-0.15, -0.1) is 0 Å². The van der Waals surface area contributed by atoms with Crippen LogP contribution in [0.1, 0.15) is 12.1 Å². The third-order valence-corrected chi connectivity index (χ3v) is 5.37. The fraction of sp³-hybridized carbons (Fsp3) is 0.318. The minimum atomic E-state index is 0.134. The predicted molar refractivity (Wildman–Crippen MR) is 118 cm³/mol. The summed E-state index contributed by atoms with van der Waals surface area (Å²) in [5, 5.41) is 17.9. The van der Waals surface area contributed by atoms with Crippen molar-refractivity contribution < 1.29 is 5.11 Å². The van der Waals surface area contributed by atoms with Crippen molar-refractivity contribution in [1.29, 1.82) is 0 Å². The number of hydrogen-bond donors (Lipinski definition) is 2. The molecule has 0 saturated carbocycles. The number of piperazine rings is 1. The summed E-state index contributed by atoms with van der Waals surface area (Å²) in [5.74, 6) is 1.73. The first kappa shape index (κ1) is 19.5. The second kappa shape index (κ2) is 8.75. The molecule has 1 aliphatic heterocycles. The van der Waals surface area contributed by atoms with E-state index in [-0.39, 0.29) is 6.61 Å². The second-order valence-corrected chi connectivity index (χ2v) is 7.50. The molecule has 9 nitrogen and oxygen atoms in total. The number of hydrogen-bond acceptors (Lipinski definition) is 8. The van der Waals surface area contributed by atoms with Crippen LogP contribution in [0.25, 0.3) is 28.1 Å². The first-order valence-electron chi connectivity index (χ1n) is 10.5. The normalized spacial score (nSPS) is 14.3. The first-order valence-corrected chi connectivity index (χ1v) is 10.5. The van der Waals surface area contributed by atoms with E-state index >= 15 is 0 Å². The Morgan fingerprint density at radius 2 is 1.84 bits per heavy atom. The number of rotatable bonds is 6. The van der Waals surface area contributed by atoms with E-state index in [0.29, 0.717) is 18.5 Å². The van der Waals surface area contributed by atoms with E-state index in [1.807, 2.05) is 28.9 Å². The van der Waals surface area contributed by atoms with Crippen molar-refractivity contribution in [3.63, 3.8) is 0 Å². The number of fused-ring (bicyclic) bond motifs is 1. The number of aliphatic hydroxyl groups is 1. The van der Waals surface area contributed by atoms with Gasteiger partial charge in [-0.2, -0.15) is 5.10 Å². The molecule has 0 amide bonds. The zero-order valence-electron chi connectivity index (χ0n) is 17.1. The summed E-state index contributed by atoms with van der Waals surface area (Å²) >= 11 is 0. The Morgan fingerprint density at radius 3 is 2.71 bits per heavy atom. The van der Waals surface area contributed by atoms with E-state index in [4.69, 9.17) is 10.1 Å². The van der Waals surface area contributed by atoms with Crippen molar-refractivity contribution in [3.8, 4) is 17.2 Å². The van der Waals surface area contributed by atoms with Gasteiger partial charge in [-0.25, -0.2) is 14.6 Å². The van der Waals surface area contributed by atoms with Crippen molar-refractivity contribution in [3.05, 3.63) is 54.7 Å². The molecule has 2 N–H and O–H groups in total. The minimum Gasteiger partial charge on any atom is -0.396 e. The number of pyridine rings is 2. The molecular formula is C22H24N8O. The molecule has 0 aliphatic carbocycles. The van der Waals surface area contributed by atoms with Crippen LogP contribution in [0.15, 0.2) is 49.1 Å². The molecule has 4 aromatic heterocycles. The fourth-order valence-corrected chi connectivity index (χ4v) is 3.75. The Balaban J connectivity index is 1.50. The van der Waals surface area contributed by atoms with Crippen LogP contribution in [0.2, 0.25) is 0 Å². The molecule has 0 spiro atoms. The number of aryl methyl sites for hydroxylation is 1. The summed E-state index contributed by atoms with van der Waals surface area (Å²) in [6.07, 6.45) is 8.38. The van der Waals surface area contributed by atoms with E-state index in [1.54, 1.807) is 24.8 Å². The standard InChI is InChI=1S/C22H24N8O/c31-10-2-3-17-14-24-15-19(27-17)18-11-20-16(12-25-18)13-26-30(20)22-5-1-4-21(28-22)29-8-6-23-7-9-29/h1,4-5,11-15,23,31H,2-3,6-10H2. The lowest BCUT2D eigenvalue weighted by Crippen LogP contribution is -2.43. The monoisotopic (exact) mass is 416 g/mol. The van der Waals surface area contributed by atoms with Gasteiger partial charge in [-0.1, -0.05) is 6.07 Å². The van der Waals surface area contributed by atoms with E-state index in [2.05, 4.69) is 30.3 Å². The van der Waals surface area contributed by atoms with Gasteiger partial charge in [-0.3, -0.25) is 9.97 Å². The maximum atomic E-state index is 9.07. The molecule has 1 fully saturated rings. The molecule has 9 heteroatoms. The molecule has 31 heavy (non-hydrogen) atoms. The predicted octanol–water partition coefficient (Wildman–Crippen LogP) is 1.61. The fourth-order valence-electron chi connectivity index (χ4n) is 3.75. The first-order chi connectivity index (χ1) is 15.3. The van der Waals surface area contributed by atoms with Crippen molar-refractivity contribution in [2.24, 2.45) is 0 Å². The average molecular weight is 416 g/mol. The lowest BCUT2D eigenvalue weighted by molar-refractivity contribution is 0.288. The summed E-state index contributed by atoms with van der Waals surface area (Å²) in [6.45, 7) is 3.94. The van der Waals surface area contributed by atoms with E-state index in [1.165, 1.54) is 0 Å². The average Bonchev–Trinajstić information content (AvgIpc) is 3.27. The largest absolute Gasteiger partial charge is 0.396 e. The third kappa shape index (κ3) is 4.10. The Kier molecular flexibility index (Phi) is 5.51. The Hall–Kier alpha value is -3.43. The molecule has 5 heterocycles. The highest BCUT2D eigenvalue weighted by atomic mass is 16.2. The topological polar surface area (TPSA) is 105 Å². The zero-order chi connectivity index (χ0) is 21.0. The van der Waals surface area contributed by atoms with Crippen LogP contribution in [0, 0.1) is 0 Å². The summed E-state index contributed by atoms with van der Waals surface area (Å²) in [6, 6.07) is 8.00. The summed E-state index contributed by atoms with van der Waals surface area (Å²) in [5.41, 5.74) is 3.18. The molecule has 0 bridgehead atoms. The molecule has 1 saturated heterocycles. The van der Waals surface area contributed by atoms with Crippen molar-refractivity contribution in [2.45, 2.75) is 12.8 Å². The molecule has 0 unspecified atom stereocenters. The highest BCUT2D eigenvalue weighted by Crippen LogP contribution is 2.23. The zero-order valence-corrected chi connectivity index (χ0v) is 17.1. The smallest absolute Gasteiger partial charge is 0.156 e. The Morgan fingerprint density at radius 1 is 0.968 bits per heavy atom. The van der Waals surface area contributed by atoms with Gasteiger partial charge in [0.1, 0.15) is 11.5 Å². The van der Waals surface area contributed by atoms with Gasteiger partial charge >= 0.3 is 0 Å². The van der Waals surface area contributed by atoms with Crippen molar-refractivity contribution >= 4 is 16.7 Å². The molecule has 5 rings (SSSR count). The quantitative estimate of drug-likeness (QED) is 0.488. The summed E-state index contributed by atoms with van der Waals surface area (Å²) in [4.78, 5) is 20.7. The molecule has 0 aromatic carbocycles. The highest BCUT2D eigenvalue weighted by Gasteiger charge is 2.14. The highest BCUT2D eigenvalue weighted by molar-refractivity contribution is 5.82. The molecule has 4 aromatic rings. The van der Waals surface area contributed by atoms with Gasteiger partial charge < -0.3 is 15.3 Å². The van der Waals surface area contributed by atoms with Crippen LogP contribution in [0.4, 0.5) is 5.82 Å². The number of aliphatic hydroxyl groups excluding tert-OH is 1. The Bertz CT molecular complexity index is 1190. The number of nitrogens with zero attached hydrogens (tertiary/aromatic N) is 7. The van der Waals surface area contributed by atoms with Crippen molar-refractivity contribution in [1.82, 2.24) is 35.0 Å². The van der Waals surface area contributed by atoms with E-state index in [9.17, 15) is 0 Å². The maximum absolute atomic E-state index is 9.07. The van der Waals surface area contributed by atoms with Gasteiger partial charge in [-0.05, 0) is 31.0 Å². The van der Waals surface area contributed by atoms with Crippen LogP contribution in [-0.2, 0) is 6.42 Å². The van der Waals surface area contributed by atoms with Gasteiger partial charge in [0.2, 0.25) is 0 Å². The van der Waals surface area contributed by atoms with Crippen molar-refractivity contribution in [2.75, 3.05) is 37.7 Å². The van der Waals surface area contributed by atoms with Crippen LogP contribution >= 0.6 is 0 Å². The van der Waals surface area contributed by atoms with Gasteiger partial charge in [0.25, 0.3) is 0 Å². The number of aromatic nitrogens is 6. The lowest BCUT2D eigenvalue weighted by Gasteiger charge is -2.28. The van der Waals surface area contributed by atoms with Crippen LogP contribution in [0.3, 0.4) is 0 Å². The maximum Gasteiger partial charge on any atom is 0.156 e. The molecule has 1 aliphatic rings. The SMILES string of the molecule is OCCCc1cncc(-c2cc3c(cn2)cnn3-c2cccc(N3CCNCC3)n2)n1. The summed E-state index contributed by atoms with van der Waals surface area (Å²) < 4.78 is 1.84. The van der Waals surface area contributed by atoms with Crippen LogP contribution < -0.4 is 10.2 Å². The second-order valence-electron chi connectivity index (χ2n) is 7.50. The van der Waals surface area contributed by atoms with Crippen LogP contribution in [-0.4, -0.2) is 67.6 Å². The van der Waals surface area contributed by atoms with Gasteiger partial charge in [0, 0.05) is 50.6 Å². The number of anilines is 1. The minimum absolute atomic E-state index is 0.134. The molecule has 0 atom stereocenters. The van der Waals surface area contributed by atoms with E-state index in [0.717, 1.165) is 60.1 Å². The lowest BCUT2D eigenvalue weighted by atomic mass is 10.2. The third-order valence-electron chi connectivity index (χ3n) is 5.37. The summed E-state index contributed by atoms with van der Waals surface area (Å²) in [7, 11) is 0. The van der Waals surface area contributed by atoms with Gasteiger partial charge in [0.15, 0.2) is 5.82 Å². The van der Waals surface area contributed by atoms with Gasteiger partial charge in [0.05, 0.1) is 29.3 Å². The molecular weight excluding hydrogens is 392 g/mol. The molecule has 158 valence electrons. The van der Waals surface area contributed by atoms with Crippen LogP contribution in [0.5, 0.6) is 0 Å².